The van der Waals surface area contributed by atoms with E-state index in [2.05, 4.69) is 74.7 Å². The van der Waals surface area contributed by atoms with Gasteiger partial charge in [-0.1, -0.05) is 48.6 Å². The normalized spacial score (nSPS) is 18.4. The molecule has 3 atom stereocenters. The molecule has 3 aromatic rings. The molecule has 1 fully saturated rings. The van der Waals surface area contributed by atoms with Gasteiger partial charge in [-0.25, -0.2) is 9.97 Å². The number of carbonyl (C=O) groups excluding carboxylic acids is 2. The first kappa shape index (κ1) is 29.6. The number of nitrogens with zero attached hydrogens (tertiary/aromatic N) is 5. The summed E-state index contributed by atoms with van der Waals surface area (Å²) < 4.78 is 1.37. The minimum Gasteiger partial charge on any atom is -0.321 e. The van der Waals surface area contributed by atoms with Gasteiger partial charge < -0.3 is 16.5 Å². The van der Waals surface area contributed by atoms with Crippen LogP contribution in [-0.4, -0.2) is 42.4 Å². The number of anilines is 1. The molecule has 3 aromatic heterocycles. The van der Waals surface area contributed by atoms with Crippen LogP contribution in [0.2, 0.25) is 0 Å². The highest BCUT2D eigenvalue weighted by molar-refractivity contribution is 9.10. The summed E-state index contributed by atoms with van der Waals surface area (Å²) in [4.78, 5) is 33.6. The Balaban J connectivity index is 1.28. The number of hydrogen-bond acceptors (Lipinski definition) is 10. The van der Waals surface area contributed by atoms with Crippen LogP contribution in [0.4, 0.5) is 5.13 Å². The number of nitrogens with one attached hydrogen (secondary N) is 2. The number of thioether (sulfide) groups is 1. The second-order valence-corrected chi connectivity index (χ2v) is 13.2. The highest BCUT2D eigenvalue weighted by Gasteiger charge is 2.30. The van der Waals surface area contributed by atoms with Crippen molar-refractivity contribution >= 4 is 77.1 Å². The molecule has 1 aliphatic rings. The summed E-state index contributed by atoms with van der Waals surface area (Å²) in [5, 5.41) is 20.1. The third kappa shape index (κ3) is 9.05. The largest absolute Gasteiger partial charge is 0.321 e. The van der Waals surface area contributed by atoms with Crippen molar-refractivity contribution in [1.29, 1.82) is 0 Å². The molecule has 0 bridgehead atoms. The predicted molar refractivity (Wildman–Crippen MR) is 161 cm³/mol. The second-order valence-electron chi connectivity index (χ2n) is 9.18. The molecule has 0 aromatic carbocycles. The number of rotatable bonds is 8. The van der Waals surface area contributed by atoms with E-state index in [1.807, 2.05) is 30.3 Å². The lowest BCUT2D eigenvalue weighted by Crippen LogP contribution is -2.33. The van der Waals surface area contributed by atoms with Crippen molar-refractivity contribution in [3.8, 4) is 0 Å². The number of carbonyl (C=O) groups is 2. The lowest BCUT2D eigenvalue weighted by molar-refractivity contribution is -0.119. The number of nitrogens with two attached hydrogens (primary N) is 1. The van der Waals surface area contributed by atoms with Gasteiger partial charge in [0, 0.05) is 11.2 Å². The molecule has 0 aliphatic heterocycles. The maximum Gasteiger partial charge on any atom is 0.232 e. The van der Waals surface area contributed by atoms with Crippen LogP contribution >= 0.6 is 55.0 Å². The lowest BCUT2D eigenvalue weighted by atomic mass is 9.80. The zero-order valence-corrected chi connectivity index (χ0v) is 25.9. The summed E-state index contributed by atoms with van der Waals surface area (Å²) in [6.45, 7) is 2.13. The Hall–Kier alpha value is -2.42. The van der Waals surface area contributed by atoms with Crippen LogP contribution in [0.5, 0.6) is 0 Å². The maximum atomic E-state index is 12.5. The molecule has 14 heteroatoms. The fraction of sp³-hybridized carbons (Fsp3) is 0.400. The summed E-state index contributed by atoms with van der Waals surface area (Å²) in [7, 11) is 0. The SMILES string of the molecule is CC(S/C(=N\N)NC(=O)Cc1cccc(Br)n1)[C@H]1CCC[C@H](c2nnc(NC(=O)Cc3cccc(Br)n3)s2)C1. The van der Waals surface area contributed by atoms with Gasteiger partial charge in [-0.15, -0.1) is 10.2 Å². The number of pyridine rings is 2. The van der Waals surface area contributed by atoms with Gasteiger partial charge in [0.15, 0.2) is 5.17 Å². The van der Waals surface area contributed by atoms with Crippen LogP contribution in [0, 0.1) is 5.92 Å². The highest BCUT2D eigenvalue weighted by atomic mass is 79.9. The number of hydrazone groups is 1. The number of amides is 2. The van der Waals surface area contributed by atoms with Crippen molar-refractivity contribution in [1.82, 2.24) is 25.5 Å². The monoisotopic (exact) mass is 694 g/mol. The number of halogens is 2. The van der Waals surface area contributed by atoms with Gasteiger partial charge >= 0.3 is 0 Å². The average Bonchev–Trinajstić information content (AvgIpc) is 3.36. The molecule has 0 saturated heterocycles. The summed E-state index contributed by atoms with van der Waals surface area (Å²) in [6.07, 6.45) is 4.38. The first-order chi connectivity index (χ1) is 18.8. The summed E-state index contributed by atoms with van der Waals surface area (Å²) >= 11 is 9.54. The minimum absolute atomic E-state index is 0.133. The average molecular weight is 696 g/mol. The topological polar surface area (TPSA) is 148 Å². The highest BCUT2D eigenvalue weighted by Crippen LogP contribution is 2.41. The molecule has 4 rings (SSSR count). The standard InChI is InChI=1S/C25H28Br2N8O2S2/c1-14(38-24(33-28)31-21(36)12-17-7-3-9-19(26)29-17)15-5-2-6-16(11-15)23-34-35-25(39-23)32-22(37)13-18-8-4-10-20(27)30-18/h3-4,7-10,14-16H,2,5-6,11-13,28H2,1H3,(H,31,33,36)(H,32,35,37)/t14?,15-,16-/m0/s1. The van der Waals surface area contributed by atoms with Gasteiger partial charge in [-0.2, -0.15) is 5.10 Å². The fourth-order valence-electron chi connectivity index (χ4n) is 4.45. The fourth-order valence-corrected chi connectivity index (χ4v) is 7.14. The Morgan fingerprint density at radius 2 is 1.74 bits per heavy atom. The summed E-state index contributed by atoms with van der Waals surface area (Å²) in [5.41, 5.74) is 1.33. The molecule has 39 heavy (non-hydrogen) atoms. The molecule has 10 nitrogen and oxygen atoms in total. The lowest BCUT2D eigenvalue weighted by Gasteiger charge is -2.31. The van der Waals surface area contributed by atoms with E-state index >= 15 is 0 Å². The molecular formula is C25H28Br2N8O2S2. The van der Waals surface area contributed by atoms with E-state index in [1.54, 1.807) is 6.07 Å². The number of amidine groups is 1. The van der Waals surface area contributed by atoms with Gasteiger partial charge in [-0.3, -0.25) is 9.59 Å². The van der Waals surface area contributed by atoms with E-state index in [0.29, 0.717) is 36.8 Å². The zero-order valence-electron chi connectivity index (χ0n) is 21.1. The number of aromatic nitrogens is 4. The van der Waals surface area contributed by atoms with Gasteiger partial charge in [0.05, 0.1) is 24.2 Å². The van der Waals surface area contributed by atoms with E-state index in [1.165, 1.54) is 23.1 Å². The Morgan fingerprint density at radius 1 is 1.08 bits per heavy atom. The van der Waals surface area contributed by atoms with Gasteiger partial charge in [-0.05, 0) is 81.3 Å². The van der Waals surface area contributed by atoms with Gasteiger partial charge in [0.1, 0.15) is 14.2 Å². The summed E-state index contributed by atoms with van der Waals surface area (Å²) in [5.74, 6) is 5.86. The molecule has 1 unspecified atom stereocenters. The van der Waals surface area contributed by atoms with Crippen LogP contribution < -0.4 is 16.5 Å². The molecular weight excluding hydrogens is 668 g/mol. The molecule has 2 amide bonds. The van der Waals surface area contributed by atoms with E-state index in [0.717, 1.165) is 30.7 Å². The zero-order chi connectivity index (χ0) is 27.8. The Bertz CT molecular complexity index is 1340. The van der Waals surface area contributed by atoms with Crippen molar-refractivity contribution in [3.63, 3.8) is 0 Å². The van der Waals surface area contributed by atoms with Crippen LogP contribution in [0.1, 0.15) is 54.9 Å². The van der Waals surface area contributed by atoms with Crippen molar-refractivity contribution < 1.29 is 9.59 Å². The first-order valence-corrected chi connectivity index (χ1v) is 15.7. The van der Waals surface area contributed by atoms with Gasteiger partial charge in [0.2, 0.25) is 16.9 Å². The maximum absolute atomic E-state index is 12.5. The smallest absolute Gasteiger partial charge is 0.232 e. The first-order valence-electron chi connectivity index (χ1n) is 12.4. The molecule has 0 radical (unpaired) electrons. The van der Waals surface area contributed by atoms with E-state index in [9.17, 15) is 9.59 Å². The minimum atomic E-state index is -0.217. The quantitative estimate of drug-likeness (QED) is 0.0979. The third-order valence-corrected chi connectivity index (χ3v) is 9.38. The third-order valence-electron chi connectivity index (χ3n) is 6.30. The van der Waals surface area contributed by atoms with E-state index in [4.69, 9.17) is 5.84 Å². The van der Waals surface area contributed by atoms with Crippen LogP contribution in [0.25, 0.3) is 0 Å². The molecule has 1 aliphatic carbocycles. The summed E-state index contributed by atoms with van der Waals surface area (Å²) in [6, 6.07) is 10.9. The molecule has 3 heterocycles. The Kier molecular flexibility index (Phi) is 10.8. The van der Waals surface area contributed by atoms with Crippen LogP contribution in [0.15, 0.2) is 50.7 Å². The molecule has 0 spiro atoms. The Labute approximate surface area is 251 Å². The predicted octanol–water partition coefficient (Wildman–Crippen LogP) is 5.02. The number of hydrogen-bond donors (Lipinski definition) is 3. The van der Waals surface area contributed by atoms with Gasteiger partial charge in [0.25, 0.3) is 0 Å². The van der Waals surface area contributed by atoms with E-state index < -0.39 is 0 Å². The Morgan fingerprint density at radius 3 is 2.38 bits per heavy atom. The molecule has 206 valence electrons. The van der Waals surface area contributed by atoms with Crippen molar-refractivity contribution in [2.24, 2.45) is 16.9 Å². The van der Waals surface area contributed by atoms with Crippen molar-refractivity contribution in [3.05, 3.63) is 62.0 Å². The van der Waals surface area contributed by atoms with Crippen molar-refractivity contribution in [2.75, 3.05) is 5.32 Å². The molecule has 1 saturated carbocycles. The van der Waals surface area contributed by atoms with Crippen molar-refractivity contribution in [2.45, 2.75) is 56.6 Å². The van der Waals surface area contributed by atoms with Crippen LogP contribution in [-0.2, 0) is 22.4 Å². The second kappa shape index (κ2) is 14.3. The molecule has 4 N–H and O–H groups in total. The van der Waals surface area contributed by atoms with E-state index in [-0.39, 0.29) is 35.8 Å². The van der Waals surface area contributed by atoms with Crippen LogP contribution in [0.3, 0.4) is 0 Å².